The molecule has 0 aliphatic rings. The summed E-state index contributed by atoms with van der Waals surface area (Å²) in [6.45, 7) is 0. The zero-order valence-electron chi connectivity index (χ0n) is 15.0. The highest BCUT2D eigenvalue weighted by molar-refractivity contribution is 14.1. The van der Waals surface area contributed by atoms with Crippen LogP contribution in [0.3, 0.4) is 0 Å². The van der Waals surface area contributed by atoms with Gasteiger partial charge in [-0.25, -0.2) is 0 Å². The largest absolute Gasteiger partial charge is 0.491 e. The van der Waals surface area contributed by atoms with Crippen molar-refractivity contribution in [2.24, 2.45) is 0 Å². The van der Waals surface area contributed by atoms with E-state index in [0.717, 1.165) is 20.3 Å². The molecule has 1 aromatic heterocycles. The number of hydrogen-bond donors (Lipinski definition) is 2. The number of rotatable bonds is 5. The van der Waals surface area contributed by atoms with Gasteiger partial charge in [0.15, 0.2) is 0 Å². The highest BCUT2D eigenvalue weighted by Gasteiger charge is 2.41. The molecule has 0 aliphatic heterocycles. The minimum Gasteiger partial charge on any atom is -0.423 e. The van der Waals surface area contributed by atoms with Gasteiger partial charge >= 0.3 is 7.12 Å². The van der Waals surface area contributed by atoms with Crippen LogP contribution in [0.5, 0.6) is 0 Å². The van der Waals surface area contributed by atoms with Crippen LogP contribution in [0.4, 0.5) is 0 Å². The zero-order chi connectivity index (χ0) is 19.6. The van der Waals surface area contributed by atoms with Crippen molar-refractivity contribution >= 4 is 35.2 Å². The van der Waals surface area contributed by atoms with Crippen molar-refractivity contribution in [3.8, 4) is 0 Å². The molecule has 28 heavy (non-hydrogen) atoms. The first-order chi connectivity index (χ1) is 13.6. The van der Waals surface area contributed by atoms with Gasteiger partial charge < -0.3 is 10.0 Å². The van der Waals surface area contributed by atoms with Crippen molar-refractivity contribution in [1.82, 2.24) is 9.78 Å². The smallest absolute Gasteiger partial charge is 0.423 e. The van der Waals surface area contributed by atoms with Gasteiger partial charge in [-0.15, -0.1) is 0 Å². The lowest BCUT2D eigenvalue weighted by Crippen LogP contribution is -2.39. The SMILES string of the molecule is OB(O)c1cnn(C(c2ccccc2)(c2ccccc2)c2ccccc2I)c1. The Bertz CT molecular complexity index is 1030. The second-order valence-corrected chi connectivity index (χ2v) is 7.68. The Labute approximate surface area is 177 Å². The molecule has 4 rings (SSSR count). The van der Waals surface area contributed by atoms with Crippen LogP contribution in [0.15, 0.2) is 97.3 Å². The van der Waals surface area contributed by atoms with Crippen molar-refractivity contribution in [1.29, 1.82) is 0 Å². The maximum Gasteiger partial charge on any atom is 0.491 e. The molecule has 1 heterocycles. The Morgan fingerprint density at radius 1 is 0.786 bits per heavy atom. The summed E-state index contributed by atoms with van der Waals surface area (Å²) >= 11 is 2.35. The topological polar surface area (TPSA) is 58.3 Å². The van der Waals surface area contributed by atoms with Crippen LogP contribution in [0.2, 0.25) is 0 Å². The van der Waals surface area contributed by atoms with Gasteiger partial charge in [-0.1, -0.05) is 78.9 Å². The van der Waals surface area contributed by atoms with Crippen LogP contribution in [0.25, 0.3) is 0 Å². The molecule has 0 aliphatic carbocycles. The second-order valence-electron chi connectivity index (χ2n) is 6.51. The maximum absolute atomic E-state index is 9.67. The molecule has 6 heteroatoms. The molecule has 0 radical (unpaired) electrons. The first-order valence-corrected chi connectivity index (χ1v) is 9.99. The van der Waals surface area contributed by atoms with Crippen LogP contribution in [0, 0.1) is 3.57 Å². The molecule has 4 nitrogen and oxygen atoms in total. The van der Waals surface area contributed by atoms with Gasteiger partial charge in [-0.05, 0) is 39.8 Å². The summed E-state index contributed by atoms with van der Waals surface area (Å²) in [6.07, 6.45) is 3.20. The predicted octanol–water partition coefficient (Wildman–Crippen LogP) is 3.01. The summed E-state index contributed by atoms with van der Waals surface area (Å²) in [5.74, 6) is 0. The average Bonchev–Trinajstić information content (AvgIpc) is 3.22. The standard InChI is InChI=1S/C22H18BIN2O2/c24-21-14-8-7-13-20(21)22(17-9-3-1-4-10-17,18-11-5-2-6-12-18)26-16-19(15-25-26)23(27)28/h1-16,27-28H. The summed E-state index contributed by atoms with van der Waals surface area (Å²) in [7, 11) is -1.58. The molecule has 4 aromatic rings. The third-order valence-electron chi connectivity index (χ3n) is 4.89. The lowest BCUT2D eigenvalue weighted by molar-refractivity contribution is 0.425. The fraction of sp³-hybridized carbons (Fsp3) is 0.0455. The van der Waals surface area contributed by atoms with Crippen molar-refractivity contribution in [2.75, 3.05) is 0 Å². The molecule has 138 valence electrons. The molecular weight excluding hydrogens is 462 g/mol. The number of nitrogens with zero attached hydrogens (tertiary/aromatic N) is 2. The minimum absolute atomic E-state index is 0.349. The van der Waals surface area contributed by atoms with Crippen molar-refractivity contribution in [2.45, 2.75) is 5.54 Å². The molecule has 0 fully saturated rings. The second kappa shape index (κ2) is 7.91. The fourth-order valence-electron chi connectivity index (χ4n) is 3.63. The van der Waals surface area contributed by atoms with Gasteiger partial charge in [0.2, 0.25) is 0 Å². The Balaban J connectivity index is 2.13. The van der Waals surface area contributed by atoms with E-state index in [1.165, 1.54) is 6.20 Å². The van der Waals surface area contributed by atoms with Gasteiger partial charge in [0.05, 0.1) is 0 Å². The number of benzene rings is 3. The number of halogens is 1. The molecule has 0 saturated carbocycles. The van der Waals surface area contributed by atoms with E-state index < -0.39 is 12.7 Å². The predicted molar refractivity (Wildman–Crippen MR) is 119 cm³/mol. The van der Waals surface area contributed by atoms with E-state index in [-0.39, 0.29) is 0 Å². The van der Waals surface area contributed by atoms with Gasteiger partial charge in [0.1, 0.15) is 5.54 Å². The summed E-state index contributed by atoms with van der Waals surface area (Å²) in [6, 6.07) is 28.5. The lowest BCUT2D eigenvalue weighted by Gasteiger charge is -2.37. The van der Waals surface area contributed by atoms with Gasteiger partial charge in [-0.3, -0.25) is 4.68 Å². The molecule has 0 spiro atoms. The Hall–Kier alpha value is -2.42. The van der Waals surface area contributed by atoms with E-state index in [1.54, 1.807) is 6.20 Å². The summed E-state index contributed by atoms with van der Waals surface area (Å²) in [5, 5.41) is 23.9. The van der Waals surface area contributed by atoms with Crippen LogP contribution < -0.4 is 5.46 Å². The van der Waals surface area contributed by atoms with Gasteiger partial charge in [-0.2, -0.15) is 5.10 Å². The number of hydrogen-bond acceptors (Lipinski definition) is 3. The third kappa shape index (κ3) is 3.17. The van der Waals surface area contributed by atoms with Crippen LogP contribution in [-0.2, 0) is 5.54 Å². The molecule has 2 N–H and O–H groups in total. The molecular formula is C22H18BIN2O2. The van der Waals surface area contributed by atoms with E-state index >= 15 is 0 Å². The quantitative estimate of drug-likeness (QED) is 0.263. The maximum atomic E-state index is 9.67. The van der Waals surface area contributed by atoms with Gasteiger partial charge in [0.25, 0.3) is 0 Å². The van der Waals surface area contributed by atoms with E-state index in [2.05, 4.69) is 64.1 Å². The average molecular weight is 480 g/mol. The minimum atomic E-state index is -1.58. The van der Waals surface area contributed by atoms with Crippen molar-refractivity contribution in [3.05, 3.63) is 118 Å². The molecule has 0 bridgehead atoms. The van der Waals surface area contributed by atoms with Crippen LogP contribution in [0.1, 0.15) is 16.7 Å². The Morgan fingerprint density at radius 3 is 1.82 bits per heavy atom. The van der Waals surface area contributed by atoms with Crippen LogP contribution >= 0.6 is 22.6 Å². The Kier molecular flexibility index (Phi) is 5.35. The molecule has 0 unspecified atom stereocenters. The number of aromatic nitrogens is 2. The highest BCUT2D eigenvalue weighted by atomic mass is 127. The summed E-state index contributed by atoms with van der Waals surface area (Å²) in [4.78, 5) is 0. The fourth-order valence-corrected chi connectivity index (χ4v) is 4.41. The monoisotopic (exact) mass is 480 g/mol. The zero-order valence-corrected chi connectivity index (χ0v) is 17.1. The van der Waals surface area contributed by atoms with E-state index in [9.17, 15) is 10.0 Å². The highest BCUT2D eigenvalue weighted by Crippen LogP contribution is 2.41. The molecule has 0 atom stereocenters. The van der Waals surface area contributed by atoms with Crippen LogP contribution in [-0.4, -0.2) is 26.9 Å². The molecule has 3 aromatic carbocycles. The molecule has 0 saturated heterocycles. The first-order valence-electron chi connectivity index (χ1n) is 8.91. The first kappa shape index (κ1) is 18.9. The summed E-state index contributed by atoms with van der Waals surface area (Å²) in [5.41, 5.74) is 2.73. The van der Waals surface area contributed by atoms with Gasteiger partial charge in [0, 0.05) is 27.0 Å². The van der Waals surface area contributed by atoms with Crippen molar-refractivity contribution in [3.63, 3.8) is 0 Å². The summed E-state index contributed by atoms with van der Waals surface area (Å²) < 4.78 is 2.92. The van der Waals surface area contributed by atoms with E-state index in [0.29, 0.717) is 5.46 Å². The normalized spacial score (nSPS) is 11.4. The van der Waals surface area contributed by atoms with Crippen molar-refractivity contribution < 1.29 is 10.0 Å². The van der Waals surface area contributed by atoms with E-state index in [4.69, 9.17) is 0 Å². The lowest BCUT2D eigenvalue weighted by atomic mass is 9.76. The molecule has 0 amide bonds. The van der Waals surface area contributed by atoms with E-state index in [1.807, 2.05) is 53.2 Å². The Morgan fingerprint density at radius 2 is 1.32 bits per heavy atom. The third-order valence-corrected chi connectivity index (χ3v) is 5.83.